The Morgan fingerprint density at radius 1 is 0.919 bits per heavy atom. The van der Waals surface area contributed by atoms with Gasteiger partial charge in [-0.25, -0.2) is 19.6 Å². The lowest BCUT2D eigenvalue weighted by Gasteiger charge is -2.58. The summed E-state index contributed by atoms with van der Waals surface area (Å²) in [5.74, 6) is 1.26. The van der Waals surface area contributed by atoms with Crippen molar-refractivity contribution in [2.75, 3.05) is 69.3 Å². The summed E-state index contributed by atoms with van der Waals surface area (Å²) in [5.41, 5.74) is 15.8. The van der Waals surface area contributed by atoms with Crippen molar-refractivity contribution in [3.05, 3.63) is 53.4 Å². The maximum atomic E-state index is 13.0. The number of allylic oxidation sites excluding steroid dienone is 1. The van der Waals surface area contributed by atoms with Crippen molar-refractivity contribution in [3.63, 3.8) is 0 Å². The highest BCUT2D eigenvalue weighted by Crippen LogP contribution is 2.70. The highest BCUT2D eigenvalue weighted by Gasteiger charge is 2.68. The fraction of sp³-hybridized carbons (Fsp3) is 0.667. The molecule has 0 unspecified atom stereocenters. The molecule has 2 aliphatic heterocycles. The van der Waals surface area contributed by atoms with Crippen LogP contribution in [0.2, 0.25) is 0 Å². The summed E-state index contributed by atoms with van der Waals surface area (Å²) in [5, 5.41) is 24.6. The number of benzene rings is 1. The number of aromatic nitrogens is 4. The van der Waals surface area contributed by atoms with E-state index >= 15 is 0 Å². The zero-order valence-corrected chi connectivity index (χ0v) is 43.8. The van der Waals surface area contributed by atoms with Crippen molar-refractivity contribution in [1.29, 1.82) is 0 Å². The third kappa shape index (κ3) is 11.1. The van der Waals surface area contributed by atoms with Crippen LogP contribution in [0.25, 0.3) is 11.2 Å². The second kappa shape index (κ2) is 22.3. The van der Waals surface area contributed by atoms with Crippen molar-refractivity contribution in [2.45, 2.75) is 129 Å². The molecule has 4 aliphatic carbocycles. The molecule has 0 bridgehead atoms. The topological polar surface area (TPSA) is 283 Å². The molecule has 3 saturated carbocycles. The highest BCUT2D eigenvalue weighted by atomic mass is 16.7. The van der Waals surface area contributed by atoms with Gasteiger partial charge in [0.15, 0.2) is 22.8 Å². The van der Waals surface area contributed by atoms with Gasteiger partial charge in [0.05, 0.1) is 31.1 Å². The Hall–Kier alpha value is -5.70. The molecule has 402 valence electrons. The maximum absolute atomic E-state index is 13.0. The summed E-state index contributed by atoms with van der Waals surface area (Å²) in [6.07, 6.45) is 13.5. The molecule has 4 heterocycles. The monoisotopic (exact) mass is 1020 g/mol. The first-order chi connectivity index (χ1) is 35.5. The zero-order chi connectivity index (χ0) is 52.4. The van der Waals surface area contributed by atoms with E-state index in [1.807, 2.05) is 11.9 Å². The van der Waals surface area contributed by atoms with Crippen molar-refractivity contribution >= 4 is 52.5 Å². The molecule has 20 nitrogen and oxygen atoms in total. The van der Waals surface area contributed by atoms with Gasteiger partial charge in [0, 0.05) is 82.7 Å². The van der Waals surface area contributed by atoms with Crippen LogP contribution in [-0.2, 0) is 30.3 Å². The van der Waals surface area contributed by atoms with Crippen LogP contribution in [0.4, 0.5) is 22.2 Å². The number of nitrogen functional groups attached to an aromatic ring is 2. The van der Waals surface area contributed by atoms with Gasteiger partial charge in [-0.3, -0.25) is 9.59 Å². The number of nitrogens with two attached hydrogens (primary N) is 2. The van der Waals surface area contributed by atoms with Gasteiger partial charge < -0.3 is 62.3 Å². The minimum atomic E-state index is -1.25. The SMILES string of the molecule is C[C@@H]1CC[C@@]2(OC1)O[C@H]1C[C@H]3[C@@H]4CC=C5C[C@@H](OC(=O)NCCNCCNCCNC(=O)CC[C@H](NC(=O)c6ccc(N(C)Cc7cnc8nc(N)nc(N)c8n7)cc6)C(=O)O)CC[C@]5(C)[C@H]4CC[C@]3(C)[C@H]1[C@@H]2C. The number of carboxylic acids is 1. The number of ether oxygens (including phenoxy) is 3. The van der Waals surface area contributed by atoms with Crippen LogP contribution in [0.5, 0.6) is 0 Å². The summed E-state index contributed by atoms with van der Waals surface area (Å²) in [4.78, 5) is 69.1. The average molecular weight is 1020 g/mol. The minimum Gasteiger partial charge on any atom is -0.480 e. The Bertz CT molecular complexity index is 2560. The molecular weight excluding hydrogens is 945 g/mol. The number of rotatable bonds is 19. The van der Waals surface area contributed by atoms with Gasteiger partial charge in [-0.15, -0.1) is 0 Å². The quantitative estimate of drug-likeness (QED) is 0.0583. The molecule has 0 radical (unpaired) electrons. The van der Waals surface area contributed by atoms with E-state index in [-0.39, 0.29) is 64.9 Å². The summed E-state index contributed by atoms with van der Waals surface area (Å²) < 4.78 is 19.5. The third-order valence-electron chi connectivity index (χ3n) is 18.0. The van der Waals surface area contributed by atoms with Crippen LogP contribution in [0.1, 0.15) is 114 Å². The normalized spacial score (nSPS) is 31.3. The van der Waals surface area contributed by atoms with Gasteiger partial charge in [0.25, 0.3) is 5.91 Å². The van der Waals surface area contributed by atoms with Crippen LogP contribution < -0.4 is 43.0 Å². The summed E-state index contributed by atoms with van der Waals surface area (Å²) in [6, 6.07) is 5.40. The van der Waals surface area contributed by atoms with E-state index in [9.17, 15) is 24.3 Å². The molecule has 3 amide bonds. The van der Waals surface area contributed by atoms with Gasteiger partial charge >= 0.3 is 12.1 Å². The lowest BCUT2D eigenvalue weighted by molar-refractivity contribution is -0.272. The maximum Gasteiger partial charge on any atom is 0.407 e. The van der Waals surface area contributed by atoms with Gasteiger partial charge in [0.2, 0.25) is 11.9 Å². The molecule has 6 aliphatic rings. The number of amides is 3. The molecule has 20 heteroatoms. The second-order valence-corrected chi connectivity index (χ2v) is 22.6. The van der Waals surface area contributed by atoms with Crippen molar-refractivity contribution in [1.82, 2.24) is 46.5 Å². The molecule has 1 aromatic carbocycles. The number of carbonyl (C=O) groups is 4. The predicted octanol–water partition coefficient (Wildman–Crippen LogP) is 4.94. The predicted molar refractivity (Wildman–Crippen MR) is 279 cm³/mol. The average Bonchev–Trinajstić information content (AvgIpc) is 3.86. The Labute approximate surface area is 434 Å². The van der Waals surface area contributed by atoms with E-state index in [0.717, 1.165) is 50.8 Å². The van der Waals surface area contributed by atoms with E-state index in [2.05, 4.69) is 80.3 Å². The van der Waals surface area contributed by atoms with Crippen molar-refractivity contribution < 1.29 is 38.5 Å². The number of nitrogens with zero attached hydrogens (tertiary/aromatic N) is 5. The van der Waals surface area contributed by atoms with E-state index in [0.29, 0.717) is 104 Å². The molecule has 9 rings (SSSR count). The van der Waals surface area contributed by atoms with Crippen LogP contribution in [-0.4, -0.2) is 126 Å². The van der Waals surface area contributed by atoms with E-state index in [1.54, 1.807) is 30.5 Å². The standard InChI is InChI=1S/C54H78N12O8/c1-31-14-19-54(72-30-31)32(2)44-42(74-54)27-40-38-11-8-34-26-37(15-17-52(34,3)39(38)16-18-53(40,44)4)73-51(71)60-25-23-58-21-20-57-22-24-59-43(67)13-12-41(49(69)70)63-48(68)33-6-9-36(10-7-33)66(5)29-35-28-61-47-45(62-35)46(55)64-50(56)65-47/h6-10,28,31-32,37-42,44,57-58H,11-27,29-30H2,1-5H3,(H,59,67)(H,60,71)(H,63,68)(H,69,70)(H4,55,56,61,64,65)/t31-,32+,37+,38-,39+,40+,41+,42+,44+,52+,53+,54-/m1/s1. The van der Waals surface area contributed by atoms with Crippen molar-refractivity contribution in [3.8, 4) is 0 Å². The number of alkyl carbamates (subject to hydrolysis) is 1. The van der Waals surface area contributed by atoms with Crippen LogP contribution >= 0.6 is 0 Å². The Morgan fingerprint density at radius 3 is 2.39 bits per heavy atom. The smallest absolute Gasteiger partial charge is 0.407 e. The summed E-state index contributed by atoms with van der Waals surface area (Å²) in [6.45, 7) is 14.2. The number of hydrogen-bond acceptors (Lipinski definition) is 16. The second-order valence-electron chi connectivity index (χ2n) is 22.6. The number of carboxylic acid groups (broad SMARTS) is 1. The Kier molecular flexibility index (Phi) is 16.0. The number of nitrogens with one attached hydrogen (secondary N) is 5. The van der Waals surface area contributed by atoms with Crippen LogP contribution in [0, 0.1) is 46.3 Å². The fourth-order valence-electron chi connectivity index (χ4n) is 14.0. The van der Waals surface area contributed by atoms with E-state index in [1.165, 1.54) is 24.8 Å². The molecule has 74 heavy (non-hydrogen) atoms. The van der Waals surface area contributed by atoms with Crippen LogP contribution in [0.15, 0.2) is 42.1 Å². The first kappa shape index (κ1) is 53.1. The summed E-state index contributed by atoms with van der Waals surface area (Å²) in [7, 11) is 1.84. The molecule has 3 aromatic rings. The zero-order valence-electron chi connectivity index (χ0n) is 43.8. The first-order valence-electron chi connectivity index (χ1n) is 27.0. The first-order valence-corrected chi connectivity index (χ1v) is 27.0. The van der Waals surface area contributed by atoms with Gasteiger partial charge in [0.1, 0.15) is 12.1 Å². The lowest BCUT2D eigenvalue weighted by atomic mass is 9.47. The number of aliphatic carboxylic acids is 1. The molecule has 5 fully saturated rings. The molecule has 10 N–H and O–H groups in total. The van der Waals surface area contributed by atoms with Crippen molar-refractivity contribution in [2.24, 2.45) is 46.3 Å². The van der Waals surface area contributed by atoms with E-state index < -0.39 is 17.9 Å². The molecule has 1 spiro atoms. The largest absolute Gasteiger partial charge is 0.480 e. The van der Waals surface area contributed by atoms with Crippen LogP contribution in [0.3, 0.4) is 0 Å². The number of carbonyl (C=O) groups excluding carboxylic acids is 3. The molecule has 12 atom stereocenters. The highest BCUT2D eigenvalue weighted by molar-refractivity contribution is 5.97. The number of fused-ring (bicyclic) bond motifs is 8. The Morgan fingerprint density at radius 2 is 1.66 bits per heavy atom. The summed E-state index contributed by atoms with van der Waals surface area (Å²) >= 11 is 0. The van der Waals surface area contributed by atoms with Gasteiger partial charge in [-0.2, -0.15) is 9.97 Å². The van der Waals surface area contributed by atoms with Gasteiger partial charge in [-0.05, 0) is 116 Å². The Balaban J connectivity index is 0.611. The lowest BCUT2D eigenvalue weighted by Crippen LogP contribution is -2.52. The number of anilines is 3. The third-order valence-corrected chi connectivity index (χ3v) is 18.0. The molecular formula is C54H78N12O8. The molecule has 2 aromatic heterocycles. The van der Waals surface area contributed by atoms with Gasteiger partial charge in [-0.1, -0.05) is 39.3 Å². The molecule has 2 saturated heterocycles. The fourth-order valence-corrected chi connectivity index (χ4v) is 14.0. The number of hydrogen-bond donors (Lipinski definition) is 8. The van der Waals surface area contributed by atoms with E-state index in [4.69, 9.17) is 25.7 Å². The minimum absolute atomic E-state index is 0.0140.